The number of rotatable bonds is 7. The Morgan fingerprint density at radius 3 is 2.11 bits per heavy atom. The van der Waals surface area contributed by atoms with Crippen LogP contribution in [0.1, 0.15) is 80.5 Å². The average molecular weight is 523 g/mol. The predicted octanol–water partition coefficient (Wildman–Crippen LogP) is 11.1. The maximum absolute atomic E-state index is 5.95. The Hall–Kier alpha value is -2.71. The van der Waals surface area contributed by atoms with E-state index in [1.54, 1.807) is 7.11 Å². The summed E-state index contributed by atoms with van der Waals surface area (Å²) in [6.07, 6.45) is 7.85. The van der Waals surface area contributed by atoms with E-state index in [2.05, 4.69) is 101 Å². The summed E-state index contributed by atoms with van der Waals surface area (Å²) in [6, 6.07) is 24.9. The van der Waals surface area contributed by atoms with Gasteiger partial charge in [-0.1, -0.05) is 93.0 Å². The van der Waals surface area contributed by atoms with Gasteiger partial charge in [0.05, 0.1) is 12.0 Å². The van der Waals surface area contributed by atoms with Crippen molar-refractivity contribution in [2.24, 2.45) is 5.41 Å². The van der Waals surface area contributed by atoms with Crippen molar-refractivity contribution in [2.75, 3.05) is 7.11 Å². The highest BCUT2D eigenvalue weighted by molar-refractivity contribution is 7.99. The maximum Gasteiger partial charge on any atom is 0.133 e. The summed E-state index contributed by atoms with van der Waals surface area (Å²) in [4.78, 5) is 2.51. The van der Waals surface area contributed by atoms with E-state index in [0.29, 0.717) is 11.3 Å². The van der Waals surface area contributed by atoms with Gasteiger partial charge >= 0.3 is 0 Å². The molecule has 1 aliphatic rings. The molecule has 1 nitrogen and oxygen atoms in total. The highest BCUT2D eigenvalue weighted by Crippen LogP contribution is 2.51. The van der Waals surface area contributed by atoms with Gasteiger partial charge in [0, 0.05) is 4.90 Å². The molecule has 38 heavy (non-hydrogen) atoms. The van der Waals surface area contributed by atoms with Gasteiger partial charge in [0.1, 0.15) is 5.75 Å². The van der Waals surface area contributed by atoms with E-state index in [1.165, 1.54) is 92.5 Å². The van der Waals surface area contributed by atoms with E-state index in [9.17, 15) is 0 Å². The molecule has 4 aromatic carbocycles. The van der Waals surface area contributed by atoms with E-state index in [4.69, 9.17) is 4.74 Å². The molecule has 0 radical (unpaired) electrons. The van der Waals surface area contributed by atoms with E-state index < -0.39 is 0 Å². The summed E-state index contributed by atoms with van der Waals surface area (Å²) in [5.74, 6) is 1.55. The molecule has 1 fully saturated rings. The quantitative estimate of drug-likeness (QED) is 0.239. The van der Waals surface area contributed by atoms with Crippen molar-refractivity contribution < 1.29 is 4.74 Å². The van der Waals surface area contributed by atoms with Crippen LogP contribution >= 0.6 is 11.8 Å². The zero-order valence-corrected chi connectivity index (χ0v) is 24.8. The number of methoxy groups -OCH3 is 1. The summed E-state index contributed by atoms with van der Waals surface area (Å²) in [5.41, 5.74) is 8.82. The Morgan fingerprint density at radius 2 is 1.47 bits per heavy atom. The standard InChI is InChI=1S/C36H42OS/c1-7-36(8-2)20-18-27(19-21-36)30-17-16-28-22-32(37-6)33(38-35-25(4)13-11-14-26(35)5)23-31(28)34(30)29-15-10-9-12-24(29)3/h9-17,22-23,27H,7-8,18-21H2,1-6H3. The molecular formula is C36H42OS. The molecule has 2 heteroatoms. The Morgan fingerprint density at radius 1 is 0.816 bits per heavy atom. The van der Waals surface area contributed by atoms with Gasteiger partial charge in [-0.15, -0.1) is 0 Å². The van der Waals surface area contributed by atoms with E-state index in [1.807, 2.05) is 11.8 Å². The SMILES string of the molecule is CCC1(CC)CCC(c2ccc3cc(OC)c(Sc4c(C)cccc4C)cc3c2-c2ccccc2C)CC1. The van der Waals surface area contributed by atoms with Crippen molar-refractivity contribution in [1.82, 2.24) is 0 Å². The first-order valence-corrected chi connectivity index (χ1v) is 15.2. The molecule has 5 rings (SSSR count). The fourth-order valence-electron chi connectivity index (χ4n) is 6.65. The molecule has 0 saturated heterocycles. The molecule has 0 amide bonds. The highest BCUT2D eigenvalue weighted by Gasteiger charge is 2.34. The molecule has 0 N–H and O–H groups in total. The van der Waals surface area contributed by atoms with Crippen LogP contribution in [0.5, 0.6) is 5.75 Å². The molecule has 0 heterocycles. The average Bonchev–Trinajstić information content (AvgIpc) is 2.94. The first-order chi connectivity index (χ1) is 18.4. The molecular weight excluding hydrogens is 480 g/mol. The predicted molar refractivity (Wildman–Crippen MR) is 165 cm³/mol. The van der Waals surface area contributed by atoms with Gasteiger partial charge in [0.15, 0.2) is 0 Å². The Balaban J connectivity index is 1.69. The summed E-state index contributed by atoms with van der Waals surface area (Å²) >= 11 is 1.84. The summed E-state index contributed by atoms with van der Waals surface area (Å²) in [7, 11) is 1.79. The van der Waals surface area contributed by atoms with Crippen LogP contribution in [0.15, 0.2) is 76.5 Å². The zero-order valence-electron chi connectivity index (χ0n) is 24.0. The number of benzene rings is 4. The van der Waals surface area contributed by atoms with Crippen molar-refractivity contribution in [2.45, 2.75) is 88.9 Å². The summed E-state index contributed by atoms with van der Waals surface area (Å²) in [6.45, 7) is 11.4. The highest BCUT2D eigenvalue weighted by atomic mass is 32.2. The first kappa shape index (κ1) is 26.9. The van der Waals surface area contributed by atoms with Crippen molar-refractivity contribution in [1.29, 1.82) is 0 Å². The number of hydrogen-bond acceptors (Lipinski definition) is 2. The third-order valence-corrected chi connectivity index (χ3v) is 10.7. The van der Waals surface area contributed by atoms with Gasteiger partial charge in [0.25, 0.3) is 0 Å². The fourth-order valence-corrected chi connectivity index (χ4v) is 7.75. The minimum absolute atomic E-state index is 0.540. The van der Waals surface area contributed by atoms with Crippen LogP contribution in [0.3, 0.4) is 0 Å². The van der Waals surface area contributed by atoms with Crippen LogP contribution in [-0.2, 0) is 0 Å². The lowest BCUT2D eigenvalue weighted by Crippen LogP contribution is -2.25. The van der Waals surface area contributed by atoms with Gasteiger partial charge in [-0.05, 0) is 114 Å². The zero-order chi connectivity index (χ0) is 26.9. The monoisotopic (exact) mass is 522 g/mol. The fraction of sp³-hybridized carbons (Fsp3) is 0.389. The molecule has 0 aromatic heterocycles. The second-order valence-electron chi connectivity index (χ2n) is 11.4. The molecule has 1 aliphatic carbocycles. The number of ether oxygens (including phenoxy) is 1. The lowest BCUT2D eigenvalue weighted by Gasteiger charge is -2.40. The molecule has 0 spiro atoms. The van der Waals surface area contributed by atoms with Gasteiger partial charge in [-0.2, -0.15) is 0 Å². The number of fused-ring (bicyclic) bond motifs is 1. The van der Waals surface area contributed by atoms with Gasteiger partial charge in [0.2, 0.25) is 0 Å². The summed E-state index contributed by atoms with van der Waals surface area (Å²) in [5, 5.41) is 2.59. The third-order valence-electron chi connectivity index (χ3n) is 9.36. The summed E-state index contributed by atoms with van der Waals surface area (Å²) < 4.78 is 5.95. The van der Waals surface area contributed by atoms with Crippen molar-refractivity contribution in [3.63, 3.8) is 0 Å². The minimum atomic E-state index is 0.540. The van der Waals surface area contributed by atoms with Crippen LogP contribution in [0, 0.1) is 26.2 Å². The molecule has 0 aliphatic heterocycles. The largest absolute Gasteiger partial charge is 0.496 e. The maximum atomic E-state index is 5.95. The Bertz CT molecular complexity index is 1420. The first-order valence-electron chi connectivity index (χ1n) is 14.3. The lowest BCUT2D eigenvalue weighted by molar-refractivity contribution is 0.159. The van der Waals surface area contributed by atoms with Gasteiger partial charge in [-0.25, -0.2) is 0 Å². The van der Waals surface area contributed by atoms with E-state index in [0.717, 1.165) is 5.75 Å². The number of aryl methyl sites for hydroxylation is 3. The lowest BCUT2D eigenvalue weighted by atomic mass is 9.65. The smallest absolute Gasteiger partial charge is 0.133 e. The van der Waals surface area contributed by atoms with Crippen molar-refractivity contribution in [3.8, 4) is 16.9 Å². The molecule has 0 unspecified atom stereocenters. The number of hydrogen-bond donors (Lipinski definition) is 0. The normalized spacial score (nSPS) is 15.6. The topological polar surface area (TPSA) is 9.23 Å². The molecule has 0 bridgehead atoms. The minimum Gasteiger partial charge on any atom is -0.496 e. The second-order valence-corrected chi connectivity index (χ2v) is 12.4. The van der Waals surface area contributed by atoms with Crippen LogP contribution in [0.4, 0.5) is 0 Å². The Kier molecular flexibility index (Phi) is 7.91. The molecule has 4 aromatic rings. The van der Waals surface area contributed by atoms with E-state index in [-0.39, 0.29) is 0 Å². The van der Waals surface area contributed by atoms with Gasteiger partial charge in [-0.3, -0.25) is 0 Å². The molecule has 198 valence electrons. The van der Waals surface area contributed by atoms with Crippen LogP contribution in [0.2, 0.25) is 0 Å². The molecule has 0 atom stereocenters. The molecule has 1 saturated carbocycles. The third kappa shape index (κ3) is 5.00. The van der Waals surface area contributed by atoms with Crippen LogP contribution < -0.4 is 4.74 Å². The van der Waals surface area contributed by atoms with Crippen molar-refractivity contribution in [3.05, 3.63) is 89.0 Å². The van der Waals surface area contributed by atoms with Crippen molar-refractivity contribution >= 4 is 22.5 Å². The van der Waals surface area contributed by atoms with E-state index >= 15 is 0 Å². The van der Waals surface area contributed by atoms with Gasteiger partial charge < -0.3 is 4.74 Å². The Labute approximate surface area is 234 Å². The van der Waals surface area contributed by atoms with Crippen LogP contribution in [-0.4, -0.2) is 7.11 Å². The second kappa shape index (κ2) is 11.2. The van der Waals surface area contributed by atoms with Crippen LogP contribution in [0.25, 0.3) is 21.9 Å².